The van der Waals surface area contributed by atoms with Gasteiger partial charge < -0.3 is 5.32 Å². The molecule has 2 heterocycles. The van der Waals surface area contributed by atoms with Gasteiger partial charge in [-0.1, -0.05) is 17.7 Å². The normalized spacial score (nSPS) is 25.3. The number of aryl methyl sites for hydroxylation is 1. The van der Waals surface area contributed by atoms with Crippen LogP contribution in [0.15, 0.2) is 18.2 Å². The van der Waals surface area contributed by atoms with Gasteiger partial charge in [-0.15, -0.1) is 0 Å². The molecule has 0 aliphatic carbocycles. The van der Waals surface area contributed by atoms with Crippen molar-refractivity contribution in [3.05, 3.63) is 29.3 Å². The van der Waals surface area contributed by atoms with Crippen LogP contribution in [0.2, 0.25) is 0 Å². The smallest absolute Gasteiger partial charge is 0.0374 e. The van der Waals surface area contributed by atoms with Crippen molar-refractivity contribution in [2.75, 3.05) is 25.0 Å². The predicted molar refractivity (Wildman–Crippen MR) is 63.4 cm³/mol. The predicted octanol–water partition coefficient (Wildman–Crippen LogP) is 2.04. The van der Waals surface area contributed by atoms with Crippen molar-refractivity contribution < 1.29 is 0 Å². The van der Waals surface area contributed by atoms with E-state index in [2.05, 4.69) is 35.3 Å². The lowest BCUT2D eigenvalue weighted by molar-refractivity contribution is 0.122. The lowest BCUT2D eigenvalue weighted by atomic mass is 9.95. The summed E-state index contributed by atoms with van der Waals surface area (Å²) in [7, 11) is 0. The molecule has 15 heavy (non-hydrogen) atoms. The molecule has 1 saturated heterocycles. The molecule has 0 saturated carbocycles. The van der Waals surface area contributed by atoms with Crippen LogP contribution in [0.3, 0.4) is 0 Å². The first-order chi connectivity index (χ1) is 7.33. The van der Waals surface area contributed by atoms with Crippen LogP contribution in [0.5, 0.6) is 0 Å². The molecule has 1 fully saturated rings. The number of nitrogens with one attached hydrogen (secondary N) is 1. The van der Waals surface area contributed by atoms with Crippen molar-refractivity contribution in [1.82, 2.24) is 4.90 Å². The number of anilines is 1. The van der Waals surface area contributed by atoms with Gasteiger partial charge in [-0.05, 0) is 44.5 Å². The van der Waals surface area contributed by atoms with E-state index in [0.717, 1.165) is 12.6 Å². The summed E-state index contributed by atoms with van der Waals surface area (Å²) in [5, 5.41) is 3.55. The van der Waals surface area contributed by atoms with E-state index in [9.17, 15) is 0 Å². The van der Waals surface area contributed by atoms with Gasteiger partial charge in [-0.2, -0.15) is 0 Å². The van der Waals surface area contributed by atoms with Crippen LogP contribution in [0.4, 0.5) is 5.69 Å². The van der Waals surface area contributed by atoms with E-state index in [-0.39, 0.29) is 0 Å². The monoisotopic (exact) mass is 202 g/mol. The van der Waals surface area contributed by atoms with Crippen LogP contribution in [0.1, 0.15) is 17.5 Å². The second-order valence-electron chi connectivity index (χ2n) is 4.79. The molecule has 0 aromatic heterocycles. The maximum Gasteiger partial charge on any atom is 0.0374 e. The largest absolute Gasteiger partial charge is 0.383 e. The van der Waals surface area contributed by atoms with Gasteiger partial charge in [-0.25, -0.2) is 0 Å². The Morgan fingerprint density at radius 2 is 2.20 bits per heavy atom. The summed E-state index contributed by atoms with van der Waals surface area (Å²) in [5.41, 5.74) is 4.22. The first kappa shape index (κ1) is 9.22. The summed E-state index contributed by atoms with van der Waals surface area (Å²) in [6.45, 7) is 5.89. The Labute approximate surface area is 91.3 Å². The third kappa shape index (κ3) is 1.63. The second-order valence-corrected chi connectivity index (χ2v) is 4.79. The Kier molecular flexibility index (Phi) is 2.17. The van der Waals surface area contributed by atoms with Gasteiger partial charge in [0.1, 0.15) is 0 Å². The Bertz CT molecular complexity index is 369. The number of fused-ring (bicyclic) bond motifs is 1. The molecule has 3 rings (SSSR count). The highest BCUT2D eigenvalue weighted by Crippen LogP contribution is 2.26. The van der Waals surface area contributed by atoms with Crippen LogP contribution in [0.25, 0.3) is 0 Å². The summed E-state index contributed by atoms with van der Waals surface area (Å²) < 4.78 is 0. The van der Waals surface area contributed by atoms with E-state index >= 15 is 0 Å². The van der Waals surface area contributed by atoms with Gasteiger partial charge >= 0.3 is 0 Å². The minimum Gasteiger partial charge on any atom is -0.383 e. The highest BCUT2D eigenvalue weighted by molar-refractivity contribution is 5.55. The lowest BCUT2D eigenvalue weighted by Gasteiger charge is -2.41. The summed E-state index contributed by atoms with van der Waals surface area (Å²) in [4.78, 5) is 2.60. The lowest BCUT2D eigenvalue weighted by Crippen LogP contribution is -2.50. The Morgan fingerprint density at radius 3 is 2.93 bits per heavy atom. The van der Waals surface area contributed by atoms with Gasteiger partial charge in [0.05, 0.1) is 0 Å². The topological polar surface area (TPSA) is 15.3 Å². The van der Waals surface area contributed by atoms with Crippen LogP contribution < -0.4 is 5.32 Å². The number of rotatable bonds is 1. The molecule has 1 atom stereocenters. The Morgan fingerprint density at radius 1 is 1.33 bits per heavy atom. The number of benzene rings is 1. The van der Waals surface area contributed by atoms with Gasteiger partial charge in [0.15, 0.2) is 0 Å². The molecule has 0 bridgehead atoms. The van der Waals surface area contributed by atoms with E-state index in [1.54, 1.807) is 0 Å². The van der Waals surface area contributed by atoms with E-state index in [4.69, 9.17) is 0 Å². The number of likely N-dealkylation sites (tertiary alicyclic amines) is 1. The fourth-order valence-electron chi connectivity index (χ4n) is 2.58. The zero-order chi connectivity index (χ0) is 10.3. The fraction of sp³-hybridized carbons (Fsp3) is 0.538. The Balaban J connectivity index is 1.81. The molecule has 2 heteroatoms. The quantitative estimate of drug-likeness (QED) is 0.749. The maximum absolute atomic E-state index is 3.55. The first-order valence-corrected chi connectivity index (χ1v) is 5.90. The van der Waals surface area contributed by atoms with Crippen molar-refractivity contribution >= 4 is 5.69 Å². The molecule has 2 aliphatic rings. The van der Waals surface area contributed by atoms with E-state index in [1.165, 1.54) is 42.7 Å². The molecule has 0 spiro atoms. The molecule has 0 radical (unpaired) electrons. The summed E-state index contributed by atoms with van der Waals surface area (Å²) in [6, 6.07) is 7.47. The van der Waals surface area contributed by atoms with Gasteiger partial charge in [0, 0.05) is 18.3 Å². The summed E-state index contributed by atoms with van der Waals surface area (Å²) in [5.74, 6) is 0. The number of nitrogens with zero attached hydrogens (tertiary/aromatic N) is 1. The highest BCUT2D eigenvalue weighted by Gasteiger charge is 2.27. The van der Waals surface area contributed by atoms with E-state index < -0.39 is 0 Å². The van der Waals surface area contributed by atoms with Gasteiger partial charge in [0.2, 0.25) is 0 Å². The molecule has 2 aliphatic heterocycles. The standard InChI is InChI=1S/C13H18N2/c1-10-3-4-13-11(7-10)8-12(9-14-13)15-5-2-6-15/h3-4,7,12,14H,2,5-6,8-9H2,1H3. The minimum absolute atomic E-state index is 0.730. The molecule has 1 unspecified atom stereocenters. The SMILES string of the molecule is Cc1ccc2c(c1)CC(N1CCC1)CN2. The number of hydrogen-bond acceptors (Lipinski definition) is 2. The maximum atomic E-state index is 3.55. The first-order valence-electron chi connectivity index (χ1n) is 5.90. The van der Waals surface area contributed by atoms with Crippen molar-refractivity contribution in [3.8, 4) is 0 Å². The van der Waals surface area contributed by atoms with Crippen molar-refractivity contribution in [2.24, 2.45) is 0 Å². The zero-order valence-electron chi connectivity index (χ0n) is 9.29. The summed E-state index contributed by atoms with van der Waals surface area (Å²) in [6.07, 6.45) is 2.61. The van der Waals surface area contributed by atoms with Gasteiger partial charge in [-0.3, -0.25) is 4.90 Å². The van der Waals surface area contributed by atoms with Crippen molar-refractivity contribution in [3.63, 3.8) is 0 Å². The molecule has 2 nitrogen and oxygen atoms in total. The second kappa shape index (κ2) is 3.53. The average molecular weight is 202 g/mol. The van der Waals surface area contributed by atoms with E-state index in [1.807, 2.05) is 0 Å². The molecule has 80 valence electrons. The third-order valence-corrected chi connectivity index (χ3v) is 3.65. The minimum atomic E-state index is 0.730. The molecule has 1 aromatic carbocycles. The average Bonchev–Trinajstić information content (AvgIpc) is 2.14. The van der Waals surface area contributed by atoms with Crippen LogP contribution in [0, 0.1) is 6.92 Å². The molecule has 0 amide bonds. The molecular weight excluding hydrogens is 184 g/mol. The molecular formula is C13H18N2. The van der Waals surface area contributed by atoms with Crippen LogP contribution >= 0.6 is 0 Å². The zero-order valence-corrected chi connectivity index (χ0v) is 9.29. The van der Waals surface area contributed by atoms with Crippen LogP contribution in [-0.2, 0) is 6.42 Å². The molecule has 1 N–H and O–H groups in total. The molecule has 1 aromatic rings. The van der Waals surface area contributed by atoms with Crippen molar-refractivity contribution in [2.45, 2.75) is 25.8 Å². The summed E-state index contributed by atoms with van der Waals surface area (Å²) >= 11 is 0. The van der Waals surface area contributed by atoms with E-state index in [0.29, 0.717) is 0 Å². The third-order valence-electron chi connectivity index (χ3n) is 3.65. The number of hydrogen-bond donors (Lipinski definition) is 1. The van der Waals surface area contributed by atoms with Gasteiger partial charge in [0.25, 0.3) is 0 Å². The van der Waals surface area contributed by atoms with Crippen molar-refractivity contribution in [1.29, 1.82) is 0 Å². The van der Waals surface area contributed by atoms with Crippen LogP contribution in [-0.4, -0.2) is 30.6 Å². The Hall–Kier alpha value is -1.02. The highest BCUT2D eigenvalue weighted by atomic mass is 15.2. The fourth-order valence-corrected chi connectivity index (χ4v) is 2.58.